The number of benzene rings is 1. The van der Waals surface area contributed by atoms with E-state index in [0.29, 0.717) is 13.1 Å². The fraction of sp³-hybridized carbons (Fsp3) is 0.375. The van der Waals surface area contributed by atoms with Gasteiger partial charge in [0.15, 0.2) is 11.4 Å². The van der Waals surface area contributed by atoms with Crippen molar-refractivity contribution in [1.29, 1.82) is 0 Å². The summed E-state index contributed by atoms with van der Waals surface area (Å²) in [6.07, 6.45) is 1.71. The smallest absolute Gasteiger partial charge is 0.274 e. The van der Waals surface area contributed by atoms with Crippen molar-refractivity contribution in [1.82, 2.24) is 25.6 Å². The lowest BCUT2D eigenvalue weighted by molar-refractivity contribution is 0.0881. The lowest BCUT2D eigenvalue weighted by atomic mass is 10.1. The van der Waals surface area contributed by atoms with Crippen LogP contribution in [0, 0.1) is 0 Å². The van der Waals surface area contributed by atoms with Crippen LogP contribution in [0.15, 0.2) is 30.3 Å². The molecule has 2 N–H and O–H groups in total. The van der Waals surface area contributed by atoms with E-state index in [9.17, 15) is 9.59 Å². The van der Waals surface area contributed by atoms with Crippen LogP contribution < -0.4 is 10.6 Å². The summed E-state index contributed by atoms with van der Waals surface area (Å²) in [5, 5.41) is 13.3. The Balaban J connectivity index is 1.56. The Morgan fingerprint density at radius 2 is 2.17 bits per heavy atom. The van der Waals surface area contributed by atoms with Gasteiger partial charge in [-0.15, -0.1) is 5.10 Å². The molecule has 1 aromatic carbocycles. The van der Waals surface area contributed by atoms with E-state index < -0.39 is 0 Å². The average molecular weight is 313 g/mol. The zero-order chi connectivity index (χ0) is 16.2. The molecule has 2 amide bonds. The van der Waals surface area contributed by atoms with Crippen LogP contribution in [0.2, 0.25) is 0 Å². The van der Waals surface area contributed by atoms with Crippen molar-refractivity contribution in [2.45, 2.75) is 32.4 Å². The summed E-state index contributed by atoms with van der Waals surface area (Å²) < 4.78 is 1.49. The van der Waals surface area contributed by atoms with Gasteiger partial charge in [-0.05, 0) is 25.3 Å². The van der Waals surface area contributed by atoms with Crippen LogP contribution >= 0.6 is 0 Å². The number of fused-ring (bicyclic) bond motifs is 1. The standard InChI is InChI=1S/C16H19N5O2/c1-11-10-21-14(16(23)18-11)13(19-20-21)15(22)17-9-5-8-12-6-3-2-4-7-12/h2-4,6-7,11H,5,8-10H2,1H3,(H,17,22)(H,18,23)/t11-/m0/s1. The quantitative estimate of drug-likeness (QED) is 0.798. The van der Waals surface area contributed by atoms with Crippen molar-refractivity contribution in [3.63, 3.8) is 0 Å². The molecule has 7 nitrogen and oxygen atoms in total. The van der Waals surface area contributed by atoms with Crippen molar-refractivity contribution < 1.29 is 9.59 Å². The second-order valence-corrected chi connectivity index (χ2v) is 5.69. The van der Waals surface area contributed by atoms with E-state index in [2.05, 4.69) is 33.1 Å². The zero-order valence-corrected chi connectivity index (χ0v) is 13.0. The van der Waals surface area contributed by atoms with Gasteiger partial charge in [-0.25, -0.2) is 4.68 Å². The van der Waals surface area contributed by atoms with E-state index in [1.54, 1.807) is 0 Å². The fourth-order valence-corrected chi connectivity index (χ4v) is 2.64. The molecule has 0 bridgehead atoms. The fourth-order valence-electron chi connectivity index (χ4n) is 2.64. The first-order valence-corrected chi connectivity index (χ1v) is 7.71. The minimum Gasteiger partial charge on any atom is -0.351 e. The summed E-state index contributed by atoms with van der Waals surface area (Å²) in [5.41, 5.74) is 1.56. The summed E-state index contributed by atoms with van der Waals surface area (Å²) in [6.45, 7) is 2.93. The molecule has 120 valence electrons. The van der Waals surface area contributed by atoms with E-state index in [1.807, 2.05) is 25.1 Å². The Labute approximate surface area is 134 Å². The highest BCUT2D eigenvalue weighted by Crippen LogP contribution is 2.11. The molecule has 1 aromatic heterocycles. The molecule has 1 aliphatic heterocycles. The van der Waals surface area contributed by atoms with Crippen LogP contribution in [-0.4, -0.2) is 39.4 Å². The number of rotatable bonds is 5. The summed E-state index contributed by atoms with van der Waals surface area (Å²) >= 11 is 0. The Hall–Kier alpha value is -2.70. The summed E-state index contributed by atoms with van der Waals surface area (Å²) in [6, 6.07) is 10.1. The maximum Gasteiger partial charge on any atom is 0.274 e. The molecule has 1 aliphatic rings. The molecule has 0 spiro atoms. The third-order valence-corrected chi connectivity index (χ3v) is 3.76. The van der Waals surface area contributed by atoms with Crippen molar-refractivity contribution in [2.24, 2.45) is 0 Å². The first-order chi connectivity index (χ1) is 11.1. The molecule has 0 saturated heterocycles. The molecule has 2 heterocycles. The maximum absolute atomic E-state index is 12.2. The van der Waals surface area contributed by atoms with Crippen LogP contribution in [-0.2, 0) is 13.0 Å². The largest absolute Gasteiger partial charge is 0.351 e. The molecule has 0 fully saturated rings. The maximum atomic E-state index is 12.2. The van der Waals surface area contributed by atoms with Crippen LogP contribution in [0.1, 0.15) is 39.9 Å². The lowest BCUT2D eigenvalue weighted by Gasteiger charge is -2.20. The van der Waals surface area contributed by atoms with E-state index in [4.69, 9.17) is 0 Å². The second kappa shape index (κ2) is 6.60. The Kier molecular flexibility index (Phi) is 4.36. The van der Waals surface area contributed by atoms with E-state index in [0.717, 1.165) is 12.8 Å². The highest BCUT2D eigenvalue weighted by atomic mass is 16.2. The molecule has 23 heavy (non-hydrogen) atoms. The SMILES string of the molecule is C[C@H]1Cn2nnc(C(=O)NCCCc3ccccc3)c2C(=O)N1. The molecule has 3 rings (SSSR count). The van der Waals surface area contributed by atoms with Gasteiger partial charge in [-0.3, -0.25) is 9.59 Å². The number of amides is 2. The third kappa shape index (κ3) is 3.39. The van der Waals surface area contributed by atoms with Crippen LogP contribution in [0.5, 0.6) is 0 Å². The summed E-state index contributed by atoms with van der Waals surface area (Å²) in [4.78, 5) is 24.2. The van der Waals surface area contributed by atoms with Gasteiger partial charge in [0.1, 0.15) is 0 Å². The Morgan fingerprint density at radius 3 is 2.96 bits per heavy atom. The summed E-state index contributed by atoms with van der Waals surface area (Å²) in [7, 11) is 0. The van der Waals surface area contributed by atoms with Gasteiger partial charge >= 0.3 is 0 Å². The predicted molar refractivity (Wildman–Crippen MR) is 84.0 cm³/mol. The zero-order valence-electron chi connectivity index (χ0n) is 13.0. The molecule has 0 saturated carbocycles. The van der Waals surface area contributed by atoms with Gasteiger partial charge in [0.05, 0.1) is 6.54 Å². The van der Waals surface area contributed by atoms with Gasteiger partial charge in [0.2, 0.25) is 0 Å². The number of aryl methyl sites for hydroxylation is 1. The molecule has 1 atom stereocenters. The molecular weight excluding hydrogens is 294 g/mol. The third-order valence-electron chi connectivity index (χ3n) is 3.76. The predicted octanol–water partition coefficient (Wildman–Crippen LogP) is 0.773. The minimum absolute atomic E-state index is 0.0153. The van der Waals surface area contributed by atoms with Crippen molar-refractivity contribution >= 4 is 11.8 Å². The van der Waals surface area contributed by atoms with Gasteiger partial charge < -0.3 is 10.6 Å². The highest BCUT2D eigenvalue weighted by Gasteiger charge is 2.30. The van der Waals surface area contributed by atoms with E-state index in [1.165, 1.54) is 10.2 Å². The van der Waals surface area contributed by atoms with Gasteiger partial charge in [0, 0.05) is 12.6 Å². The lowest BCUT2D eigenvalue weighted by Crippen LogP contribution is -2.43. The molecule has 0 unspecified atom stereocenters. The second-order valence-electron chi connectivity index (χ2n) is 5.69. The average Bonchev–Trinajstić information content (AvgIpc) is 2.96. The van der Waals surface area contributed by atoms with Crippen molar-refractivity contribution in [3.8, 4) is 0 Å². The molecule has 7 heteroatoms. The Morgan fingerprint density at radius 1 is 1.39 bits per heavy atom. The number of carbonyl (C=O) groups is 2. The monoisotopic (exact) mass is 313 g/mol. The number of nitrogens with one attached hydrogen (secondary N) is 2. The van der Waals surface area contributed by atoms with Crippen LogP contribution in [0.4, 0.5) is 0 Å². The first kappa shape index (κ1) is 15.2. The van der Waals surface area contributed by atoms with Gasteiger partial charge in [-0.2, -0.15) is 0 Å². The molecule has 2 aromatic rings. The van der Waals surface area contributed by atoms with E-state index in [-0.39, 0.29) is 29.2 Å². The summed E-state index contributed by atoms with van der Waals surface area (Å²) in [5.74, 6) is -0.660. The van der Waals surface area contributed by atoms with E-state index >= 15 is 0 Å². The number of hydrogen-bond donors (Lipinski definition) is 2. The number of hydrogen-bond acceptors (Lipinski definition) is 4. The topological polar surface area (TPSA) is 88.9 Å². The molecule has 0 radical (unpaired) electrons. The highest BCUT2D eigenvalue weighted by molar-refractivity contribution is 6.05. The number of nitrogens with zero attached hydrogens (tertiary/aromatic N) is 3. The van der Waals surface area contributed by atoms with Crippen LogP contribution in [0.3, 0.4) is 0 Å². The van der Waals surface area contributed by atoms with Crippen molar-refractivity contribution in [2.75, 3.05) is 6.54 Å². The normalized spacial score (nSPS) is 16.6. The van der Waals surface area contributed by atoms with Gasteiger partial charge in [0.25, 0.3) is 11.8 Å². The molecular formula is C16H19N5O2. The number of aromatic nitrogens is 3. The van der Waals surface area contributed by atoms with Crippen LogP contribution in [0.25, 0.3) is 0 Å². The Bertz CT molecular complexity index is 711. The first-order valence-electron chi connectivity index (χ1n) is 7.71. The molecule has 0 aliphatic carbocycles. The van der Waals surface area contributed by atoms with Crippen molar-refractivity contribution in [3.05, 3.63) is 47.3 Å². The van der Waals surface area contributed by atoms with Gasteiger partial charge in [-0.1, -0.05) is 35.5 Å². The minimum atomic E-state index is -0.357. The number of carbonyl (C=O) groups excluding carboxylic acids is 2.